The molecule has 1 aliphatic heterocycles. The van der Waals surface area contributed by atoms with Crippen molar-refractivity contribution in [1.82, 2.24) is 4.90 Å². The topological polar surface area (TPSA) is 49.8 Å². The van der Waals surface area contributed by atoms with E-state index < -0.39 is 5.60 Å². The van der Waals surface area contributed by atoms with E-state index in [0.717, 1.165) is 6.42 Å². The van der Waals surface area contributed by atoms with E-state index >= 15 is 0 Å². The van der Waals surface area contributed by atoms with Crippen LogP contribution in [-0.2, 0) is 4.74 Å². The van der Waals surface area contributed by atoms with E-state index in [1.807, 2.05) is 27.7 Å². The first kappa shape index (κ1) is 12.3. The predicted octanol–water partition coefficient (Wildman–Crippen LogP) is 1.62. The number of likely N-dealkylation sites (tertiary alicyclic amines) is 1. The molecule has 0 saturated carbocycles. The molecule has 88 valence electrons. The zero-order chi connectivity index (χ0) is 11.6. The highest BCUT2D eigenvalue weighted by Crippen LogP contribution is 2.25. The second-order valence-corrected chi connectivity index (χ2v) is 5.15. The molecule has 4 heteroatoms. The minimum atomic E-state index is -0.450. The maximum Gasteiger partial charge on any atom is 0.410 e. The molecule has 4 nitrogen and oxygen atoms in total. The van der Waals surface area contributed by atoms with Crippen LogP contribution in [0, 0.1) is 5.92 Å². The molecule has 0 aromatic heterocycles. The molecular formula is C11H21NO3. The highest BCUT2D eigenvalue weighted by molar-refractivity contribution is 5.69. The molecule has 0 bridgehead atoms. The summed E-state index contributed by atoms with van der Waals surface area (Å²) in [6.45, 7) is 8.35. The average Bonchev–Trinajstić information content (AvgIpc) is 2.43. The van der Waals surface area contributed by atoms with Crippen molar-refractivity contribution in [2.45, 2.75) is 45.8 Å². The van der Waals surface area contributed by atoms with Crippen LogP contribution < -0.4 is 0 Å². The summed E-state index contributed by atoms with van der Waals surface area (Å²) in [4.78, 5) is 13.5. The highest BCUT2D eigenvalue weighted by atomic mass is 16.6. The van der Waals surface area contributed by atoms with Crippen LogP contribution >= 0.6 is 0 Å². The lowest BCUT2D eigenvalue weighted by molar-refractivity contribution is 0.0212. The third-order valence-corrected chi connectivity index (χ3v) is 2.78. The SMILES string of the molecule is C[C@H]1[C@H](CO)CCN1C(=O)OC(C)(C)C. The van der Waals surface area contributed by atoms with Crippen molar-refractivity contribution >= 4 is 6.09 Å². The van der Waals surface area contributed by atoms with Crippen LogP contribution in [0.1, 0.15) is 34.1 Å². The lowest BCUT2D eigenvalue weighted by atomic mass is 10.0. The summed E-state index contributed by atoms with van der Waals surface area (Å²) in [5.74, 6) is 0.192. The van der Waals surface area contributed by atoms with Gasteiger partial charge < -0.3 is 14.7 Å². The normalized spacial score (nSPS) is 26.9. The van der Waals surface area contributed by atoms with Crippen LogP contribution in [0.4, 0.5) is 4.79 Å². The summed E-state index contributed by atoms with van der Waals surface area (Å²) in [5.41, 5.74) is -0.450. The first-order valence-electron chi connectivity index (χ1n) is 5.45. The fourth-order valence-electron chi connectivity index (χ4n) is 1.83. The lowest BCUT2D eigenvalue weighted by Crippen LogP contribution is -2.40. The molecule has 1 saturated heterocycles. The number of hydrogen-bond acceptors (Lipinski definition) is 3. The van der Waals surface area contributed by atoms with Crippen LogP contribution in [0.25, 0.3) is 0 Å². The Hall–Kier alpha value is -0.770. The average molecular weight is 215 g/mol. The monoisotopic (exact) mass is 215 g/mol. The smallest absolute Gasteiger partial charge is 0.410 e. The number of nitrogens with zero attached hydrogens (tertiary/aromatic N) is 1. The Balaban J connectivity index is 2.55. The molecule has 0 radical (unpaired) electrons. The van der Waals surface area contributed by atoms with Gasteiger partial charge in [-0.3, -0.25) is 0 Å². The molecule has 1 amide bonds. The Morgan fingerprint density at radius 1 is 1.53 bits per heavy atom. The van der Waals surface area contributed by atoms with Gasteiger partial charge >= 0.3 is 6.09 Å². The van der Waals surface area contributed by atoms with Crippen molar-refractivity contribution in [3.63, 3.8) is 0 Å². The van der Waals surface area contributed by atoms with Crippen LogP contribution in [0.3, 0.4) is 0 Å². The fourth-order valence-corrected chi connectivity index (χ4v) is 1.83. The van der Waals surface area contributed by atoms with E-state index in [9.17, 15) is 4.79 Å². The summed E-state index contributed by atoms with van der Waals surface area (Å²) >= 11 is 0. The Labute approximate surface area is 91.2 Å². The van der Waals surface area contributed by atoms with E-state index in [1.54, 1.807) is 4.90 Å². The van der Waals surface area contributed by atoms with Gasteiger partial charge in [-0.05, 0) is 34.1 Å². The van der Waals surface area contributed by atoms with Gasteiger partial charge in [0.1, 0.15) is 5.60 Å². The molecule has 1 fully saturated rings. The molecule has 1 N–H and O–H groups in total. The maximum atomic E-state index is 11.8. The maximum absolute atomic E-state index is 11.8. The second-order valence-electron chi connectivity index (χ2n) is 5.15. The zero-order valence-corrected chi connectivity index (χ0v) is 9.99. The number of aliphatic hydroxyl groups is 1. The van der Waals surface area contributed by atoms with Crippen molar-refractivity contribution in [3.8, 4) is 0 Å². The molecule has 0 spiro atoms. The number of aliphatic hydroxyl groups excluding tert-OH is 1. The minimum absolute atomic E-state index is 0.0739. The Morgan fingerprint density at radius 2 is 2.13 bits per heavy atom. The molecule has 2 atom stereocenters. The summed E-state index contributed by atoms with van der Waals surface area (Å²) in [6.07, 6.45) is 0.586. The van der Waals surface area contributed by atoms with E-state index in [1.165, 1.54) is 0 Å². The summed E-state index contributed by atoms with van der Waals surface area (Å²) in [7, 11) is 0. The molecule has 0 aliphatic carbocycles. The standard InChI is InChI=1S/C11H21NO3/c1-8-9(7-13)5-6-12(8)10(14)15-11(2,3)4/h8-9,13H,5-7H2,1-4H3/t8-,9-/m0/s1. The number of hydrogen-bond donors (Lipinski definition) is 1. The third kappa shape index (κ3) is 3.09. The number of ether oxygens (including phenoxy) is 1. The van der Waals surface area contributed by atoms with Gasteiger partial charge in [0.2, 0.25) is 0 Å². The van der Waals surface area contributed by atoms with Crippen molar-refractivity contribution in [1.29, 1.82) is 0 Å². The minimum Gasteiger partial charge on any atom is -0.444 e. The van der Waals surface area contributed by atoms with Crippen molar-refractivity contribution < 1.29 is 14.6 Å². The van der Waals surface area contributed by atoms with E-state index in [4.69, 9.17) is 9.84 Å². The molecular weight excluding hydrogens is 194 g/mol. The van der Waals surface area contributed by atoms with Gasteiger partial charge in [0.05, 0.1) is 0 Å². The third-order valence-electron chi connectivity index (χ3n) is 2.78. The van der Waals surface area contributed by atoms with E-state index in [2.05, 4.69) is 0 Å². The van der Waals surface area contributed by atoms with Gasteiger partial charge in [-0.25, -0.2) is 4.79 Å². The fraction of sp³-hybridized carbons (Fsp3) is 0.909. The number of carbonyl (C=O) groups is 1. The van der Waals surface area contributed by atoms with Crippen LogP contribution in [0.5, 0.6) is 0 Å². The second kappa shape index (κ2) is 4.39. The first-order chi connectivity index (χ1) is 6.85. The largest absolute Gasteiger partial charge is 0.444 e. The Bertz CT molecular complexity index is 234. The number of amides is 1. The van der Waals surface area contributed by atoms with Crippen molar-refractivity contribution in [3.05, 3.63) is 0 Å². The van der Waals surface area contributed by atoms with Crippen LogP contribution in [0.15, 0.2) is 0 Å². The van der Waals surface area contributed by atoms with Crippen molar-refractivity contribution in [2.24, 2.45) is 5.92 Å². The molecule has 0 unspecified atom stereocenters. The lowest BCUT2D eigenvalue weighted by Gasteiger charge is -2.28. The molecule has 0 aromatic rings. The molecule has 1 aliphatic rings. The van der Waals surface area contributed by atoms with Gasteiger partial charge in [0.25, 0.3) is 0 Å². The number of carbonyl (C=O) groups excluding carboxylic acids is 1. The molecule has 1 heterocycles. The van der Waals surface area contributed by atoms with E-state index in [0.29, 0.717) is 6.54 Å². The quantitative estimate of drug-likeness (QED) is 0.723. The highest BCUT2D eigenvalue weighted by Gasteiger charge is 2.35. The van der Waals surface area contributed by atoms with Crippen LogP contribution in [-0.4, -0.2) is 40.9 Å². The van der Waals surface area contributed by atoms with E-state index in [-0.39, 0.29) is 24.7 Å². The van der Waals surface area contributed by atoms with Gasteiger partial charge in [0, 0.05) is 25.1 Å². The number of rotatable bonds is 1. The zero-order valence-electron chi connectivity index (χ0n) is 9.99. The molecule has 1 rings (SSSR count). The Kier molecular flexibility index (Phi) is 3.60. The summed E-state index contributed by atoms with van der Waals surface area (Å²) < 4.78 is 5.29. The van der Waals surface area contributed by atoms with Gasteiger partial charge in [-0.1, -0.05) is 0 Å². The Morgan fingerprint density at radius 3 is 2.53 bits per heavy atom. The summed E-state index contributed by atoms with van der Waals surface area (Å²) in [5, 5.41) is 9.09. The van der Waals surface area contributed by atoms with Crippen molar-refractivity contribution in [2.75, 3.05) is 13.2 Å². The summed E-state index contributed by atoms with van der Waals surface area (Å²) in [6, 6.07) is 0.0739. The van der Waals surface area contributed by atoms with Gasteiger partial charge in [0.15, 0.2) is 0 Å². The predicted molar refractivity (Wildman–Crippen MR) is 57.6 cm³/mol. The first-order valence-corrected chi connectivity index (χ1v) is 5.45. The van der Waals surface area contributed by atoms with Gasteiger partial charge in [-0.2, -0.15) is 0 Å². The van der Waals surface area contributed by atoms with Gasteiger partial charge in [-0.15, -0.1) is 0 Å². The van der Waals surface area contributed by atoms with Crippen LogP contribution in [0.2, 0.25) is 0 Å². The molecule has 15 heavy (non-hydrogen) atoms. The molecule has 0 aromatic carbocycles.